The molecule has 0 aliphatic carbocycles. The van der Waals surface area contributed by atoms with Gasteiger partial charge in [-0.15, -0.1) is 11.8 Å². The van der Waals surface area contributed by atoms with Crippen LogP contribution in [0.25, 0.3) is 0 Å². The molecule has 9 heteroatoms. The molecule has 3 aromatic rings. The molecule has 1 aliphatic rings. The number of amides is 2. The van der Waals surface area contributed by atoms with Crippen molar-refractivity contribution in [3.63, 3.8) is 0 Å². The Kier molecular flexibility index (Phi) is 7.45. The highest BCUT2D eigenvalue weighted by atomic mass is 32.2. The number of fused-ring (bicyclic) bond motifs is 1. The molecule has 1 N–H and O–H groups in total. The number of carbonyl (C=O) groups excluding carboxylic acids is 2. The van der Waals surface area contributed by atoms with Crippen LogP contribution in [0.3, 0.4) is 0 Å². The minimum absolute atomic E-state index is 0.0673. The lowest BCUT2D eigenvalue weighted by Gasteiger charge is -2.22. The first kappa shape index (κ1) is 24.4. The number of nitrogens with one attached hydrogen (secondary N) is 1. The Bertz CT molecular complexity index is 1230. The van der Waals surface area contributed by atoms with Crippen LogP contribution in [0.1, 0.15) is 17.2 Å². The maximum atomic E-state index is 14.0. The van der Waals surface area contributed by atoms with Crippen molar-refractivity contribution in [3.05, 3.63) is 72.0 Å². The van der Waals surface area contributed by atoms with Gasteiger partial charge >= 0.3 is 0 Å². The highest BCUT2D eigenvalue weighted by Crippen LogP contribution is 2.49. The summed E-state index contributed by atoms with van der Waals surface area (Å²) < 4.78 is 30.4. The number of thioether (sulfide) groups is 1. The van der Waals surface area contributed by atoms with Crippen LogP contribution < -0.4 is 24.4 Å². The Morgan fingerprint density at radius 1 is 1.03 bits per heavy atom. The second kappa shape index (κ2) is 10.7. The van der Waals surface area contributed by atoms with Gasteiger partial charge in [0.25, 0.3) is 0 Å². The zero-order valence-corrected chi connectivity index (χ0v) is 20.4. The first-order valence-corrected chi connectivity index (χ1v) is 11.7. The predicted molar refractivity (Wildman–Crippen MR) is 133 cm³/mol. The van der Waals surface area contributed by atoms with Gasteiger partial charge in [-0.1, -0.05) is 24.3 Å². The van der Waals surface area contributed by atoms with Crippen LogP contribution >= 0.6 is 11.8 Å². The van der Waals surface area contributed by atoms with E-state index in [-0.39, 0.29) is 29.8 Å². The van der Waals surface area contributed by atoms with E-state index in [1.165, 1.54) is 50.1 Å². The molecule has 182 valence electrons. The van der Waals surface area contributed by atoms with Crippen LogP contribution in [-0.2, 0) is 9.59 Å². The molecule has 0 radical (unpaired) electrons. The topological polar surface area (TPSA) is 77.1 Å². The van der Waals surface area contributed by atoms with Crippen molar-refractivity contribution < 1.29 is 28.2 Å². The maximum absolute atomic E-state index is 14.0. The van der Waals surface area contributed by atoms with Gasteiger partial charge in [0.2, 0.25) is 17.6 Å². The molecule has 2 amide bonds. The van der Waals surface area contributed by atoms with E-state index in [1.54, 1.807) is 18.2 Å². The molecule has 1 heterocycles. The van der Waals surface area contributed by atoms with Gasteiger partial charge in [0.15, 0.2) is 11.5 Å². The van der Waals surface area contributed by atoms with E-state index in [0.29, 0.717) is 22.9 Å². The van der Waals surface area contributed by atoms with Gasteiger partial charge in [0, 0.05) is 16.6 Å². The van der Waals surface area contributed by atoms with E-state index in [2.05, 4.69) is 5.32 Å². The van der Waals surface area contributed by atoms with E-state index in [0.717, 1.165) is 10.5 Å². The molecule has 0 saturated carbocycles. The van der Waals surface area contributed by atoms with Crippen LogP contribution in [0.2, 0.25) is 0 Å². The van der Waals surface area contributed by atoms with Crippen molar-refractivity contribution in [2.75, 3.05) is 38.1 Å². The van der Waals surface area contributed by atoms with Gasteiger partial charge in [0.05, 0.1) is 32.7 Å². The van der Waals surface area contributed by atoms with E-state index in [1.807, 2.05) is 30.3 Å². The van der Waals surface area contributed by atoms with Crippen molar-refractivity contribution in [2.45, 2.75) is 16.6 Å². The average molecular weight is 497 g/mol. The summed E-state index contributed by atoms with van der Waals surface area (Å²) in [5.41, 5.74) is 1.52. The van der Waals surface area contributed by atoms with Crippen molar-refractivity contribution in [1.82, 2.24) is 0 Å². The Balaban J connectivity index is 1.64. The van der Waals surface area contributed by atoms with Crippen LogP contribution in [-0.4, -0.2) is 39.7 Å². The predicted octanol–water partition coefficient (Wildman–Crippen LogP) is 5.06. The second-order valence-corrected chi connectivity index (χ2v) is 8.99. The third-order valence-electron chi connectivity index (χ3n) is 5.59. The molecule has 4 rings (SSSR count). The molecule has 3 aromatic carbocycles. The van der Waals surface area contributed by atoms with Crippen molar-refractivity contribution >= 4 is 35.0 Å². The summed E-state index contributed by atoms with van der Waals surface area (Å²) >= 11 is 1.52. The lowest BCUT2D eigenvalue weighted by Crippen LogP contribution is -2.38. The SMILES string of the molecule is COc1cc([C@@H]2CC(=O)N(CC(=O)Nc3ccccc3F)c3ccccc3S2)cc(OC)c1OC. The number of methoxy groups -OCH3 is 3. The highest BCUT2D eigenvalue weighted by Gasteiger charge is 2.31. The Morgan fingerprint density at radius 2 is 1.69 bits per heavy atom. The average Bonchev–Trinajstić information content (AvgIpc) is 3.00. The number of hydrogen-bond donors (Lipinski definition) is 1. The Labute approximate surface area is 207 Å². The monoisotopic (exact) mass is 496 g/mol. The number of halogens is 1. The van der Waals surface area contributed by atoms with Crippen LogP contribution in [0.4, 0.5) is 15.8 Å². The fourth-order valence-electron chi connectivity index (χ4n) is 3.92. The minimum atomic E-state index is -0.540. The van der Waals surface area contributed by atoms with Crippen molar-refractivity contribution in [3.8, 4) is 17.2 Å². The third kappa shape index (κ3) is 5.19. The summed E-state index contributed by atoms with van der Waals surface area (Å²) in [4.78, 5) is 28.5. The first-order chi connectivity index (χ1) is 16.9. The summed E-state index contributed by atoms with van der Waals surface area (Å²) in [6.45, 7) is -0.243. The zero-order valence-electron chi connectivity index (χ0n) is 19.5. The quantitative estimate of drug-likeness (QED) is 0.493. The molecule has 0 bridgehead atoms. The summed E-state index contributed by atoms with van der Waals surface area (Å²) in [6.07, 6.45) is 0.130. The van der Waals surface area contributed by atoms with Gasteiger partial charge in [-0.3, -0.25) is 9.59 Å². The molecule has 0 unspecified atom stereocenters. The fourth-order valence-corrected chi connectivity index (χ4v) is 5.18. The lowest BCUT2D eigenvalue weighted by atomic mass is 10.1. The molecule has 7 nitrogen and oxygen atoms in total. The van der Waals surface area contributed by atoms with Crippen LogP contribution in [0, 0.1) is 5.82 Å². The molecule has 0 spiro atoms. The number of nitrogens with zero attached hydrogens (tertiary/aromatic N) is 1. The van der Waals surface area contributed by atoms with Crippen molar-refractivity contribution in [1.29, 1.82) is 0 Å². The minimum Gasteiger partial charge on any atom is -0.493 e. The zero-order chi connectivity index (χ0) is 24.9. The highest BCUT2D eigenvalue weighted by molar-refractivity contribution is 7.99. The van der Waals surface area contributed by atoms with Gasteiger partial charge in [-0.05, 0) is 42.0 Å². The normalized spacial score (nSPS) is 15.1. The molecule has 1 atom stereocenters. The van der Waals surface area contributed by atoms with Crippen LogP contribution in [0.15, 0.2) is 65.6 Å². The van der Waals surface area contributed by atoms with Crippen molar-refractivity contribution in [2.24, 2.45) is 0 Å². The standard InChI is InChI=1S/C26H25FN2O5S/c1-32-20-12-16(13-21(33-2)26(20)34-3)23-14-25(31)29(19-10-6-7-11-22(19)35-23)15-24(30)28-18-9-5-4-8-17(18)27/h4-13,23H,14-15H2,1-3H3,(H,28,30)/t23-/m0/s1. The van der Waals surface area contributed by atoms with Crippen LogP contribution in [0.5, 0.6) is 17.2 Å². The first-order valence-electron chi connectivity index (χ1n) is 10.9. The number of rotatable bonds is 7. The Hall–Kier alpha value is -3.72. The smallest absolute Gasteiger partial charge is 0.244 e. The number of anilines is 2. The van der Waals surface area contributed by atoms with Gasteiger partial charge in [0.1, 0.15) is 12.4 Å². The molecule has 35 heavy (non-hydrogen) atoms. The van der Waals surface area contributed by atoms with E-state index >= 15 is 0 Å². The van der Waals surface area contributed by atoms with Gasteiger partial charge < -0.3 is 24.4 Å². The number of hydrogen-bond acceptors (Lipinski definition) is 6. The lowest BCUT2D eigenvalue weighted by molar-refractivity contribution is -0.121. The van der Waals surface area contributed by atoms with E-state index in [9.17, 15) is 14.0 Å². The summed E-state index contributed by atoms with van der Waals surface area (Å²) in [7, 11) is 4.61. The summed E-state index contributed by atoms with van der Waals surface area (Å²) in [5.74, 6) is 0.193. The third-order valence-corrected chi connectivity index (χ3v) is 6.92. The van der Waals surface area contributed by atoms with E-state index < -0.39 is 11.7 Å². The maximum Gasteiger partial charge on any atom is 0.244 e. The number of carbonyl (C=O) groups is 2. The van der Waals surface area contributed by atoms with Gasteiger partial charge in [-0.25, -0.2) is 4.39 Å². The number of para-hydroxylation sites is 2. The molecular weight excluding hydrogens is 471 g/mol. The summed E-state index contributed by atoms with van der Waals surface area (Å²) in [5, 5.41) is 2.29. The summed E-state index contributed by atoms with van der Waals surface area (Å²) in [6, 6.07) is 17.0. The molecule has 0 saturated heterocycles. The largest absolute Gasteiger partial charge is 0.493 e. The Morgan fingerprint density at radius 3 is 2.34 bits per heavy atom. The fraction of sp³-hybridized carbons (Fsp3) is 0.231. The second-order valence-electron chi connectivity index (χ2n) is 7.74. The molecular formula is C26H25FN2O5S. The van der Waals surface area contributed by atoms with E-state index in [4.69, 9.17) is 14.2 Å². The molecule has 1 aliphatic heterocycles. The molecule has 0 fully saturated rings. The molecule has 0 aromatic heterocycles. The van der Waals surface area contributed by atoms with Gasteiger partial charge in [-0.2, -0.15) is 0 Å². The number of benzene rings is 3. The number of ether oxygens (including phenoxy) is 3.